The minimum absolute atomic E-state index is 1.24. The van der Waals surface area contributed by atoms with Crippen molar-refractivity contribution in [1.82, 2.24) is 0 Å². The van der Waals surface area contributed by atoms with Crippen LogP contribution >= 0.6 is 22.7 Å². The van der Waals surface area contributed by atoms with Crippen molar-refractivity contribution in [1.29, 1.82) is 0 Å². The molecule has 0 aliphatic rings. The zero-order chi connectivity index (χ0) is 42.1. The lowest BCUT2D eigenvalue weighted by Gasteiger charge is -2.20. The molecule has 10 aromatic carbocycles. The fourth-order valence-corrected chi connectivity index (χ4v) is 17.6. The van der Waals surface area contributed by atoms with Crippen molar-refractivity contribution >= 4 is 122 Å². The summed E-state index contributed by atoms with van der Waals surface area (Å²) < 4.78 is 5.73. The standard InChI is InChI=1S/C58H46S2Si2/c1-61(2,3)51-21-13-19-41-47-33-45-44(40-29-25-38(26-30-40)36-17-11-8-12-18-36)32-50-54-46(34-48-42-20-14-22-52(62(4,5)6)58(42)60-56(48)50)43(31-49(53(45)54)55(47)59-57(41)51)39-27-23-37(24-28-39)35-15-9-7-10-16-35/h7-34H,1-6H3. The number of benzene rings is 10. The van der Waals surface area contributed by atoms with Crippen LogP contribution in [-0.4, -0.2) is 16.1 Å². The summed E-state index contributed by atoms with van der Waals surface area (Å²) >= 11 is 4.05. The highest BCUT2D eigenvalue weighted by Crippen LogP contribution is 2.52. The first kappa shape index (κ1) is 37.8. The maximum Gasteiger partial charge on any atom is 0.0794 e. The molecule has 0 amide bonds. The highest BCUT2D eigenvalue weighted by Gasteiger charge is 2.27. The van der Waals surface area contributed by atoms with Crippen molar-refractivity contribution in [2.45, 2.75) is 39.3 Å². The van der Waals surface area contributed by atoms with Gasteiger partial charge in [-0.2, -0.15) is 0 Å². The second-order valence-corrected chi connectivity index (χ2v) is 31.4. The predicted octanol–water partition coefficient (Wildman–Crippen LogP) is 17.1. The van der Waals surface area contributed by atoms with E-state index in [1.807, 2.05) is 22.7 Å². The SMILES string of the molecule is C[Si](C)(C)c1cccc2c1sc1c2cc2c(-c3ccc(-c4ccccc4)cc3)cc3c4sc5c([Si](C)(C)C)cccc5c4cc4c(-c5ccc(-c6ccccc6)cc5)cc1c2c43. The Morgan fingerprint density at radius 1 is 0.274 bits per heavy atom. The normalized spacial score (nSPS) is 12.7. The number of rotatable bonds is 6. The van der Waals surface area contributed by atoms with E-state index in [-0.39, 0.29) is 0 Å². The van der Waals surface area contributed by atoms with Crippen LogP contribution in [0.3, 0.4) is 0 Å². The van der Waals surface area contributed by atoms with Gasteiger partial charge in [-0.05, 0) is 101 Å². The average Bonchev–Trinajstić information content (AvgIpc) is 3.86. The third-order valence-electron chi connectivity index (χ3n) is 13.3. The van der Waals surface area contributed by atoms with Gasteiger partial charge in [-0.15, -0.1) is 22.7 Å². The molecule has 0 bridgehead atoms. The van der Waals surface area contributed by atoms with E-state index in [0.29, 0.717) is 0 Å². The Balaban J connectivity index is 1.26. The third-order valence-corrected chi connectivity index (χ3v) is 20.3. The lowest BCUT2D eigenvalue weighted by Crippen LogP contribution is -2.37. The van der Waals surface area contributed by atoms with Gasteiger partial charge in [-0.1, -0.05) is 185 Å². The van der Waals surface area contributed by atoms with Crippen LogP contribution < -0.4 is 10.4 Å². The number of hydrogen-bond acceptors (Lipinski definition) is 2. The van der Waals surface area contributed by atoms with E-state index in [0.717, 1.165) is 0 Å². The van der Waals surface area contributed by atoms with Crippen molar-refractivity contribution < 1.29 is 0 Å². The van der Waals surface area contributed by atoms with E-state index in [9.17, 15) is 0 Å². The molecule has 0 fully saturated rings. The Morgan fingerprint density at radius 2 is 0.629 bits per heavy atom. The van der Waals surface area contributed by atoms with Gasteiger partial charge in [0.2, 0.25) is 0 Å². The molecule has 0 nitrogen and oxygen atoms in total. The van der Waals surface area contributed by atoms with E-state index < -0.39 is 16.1 Å². The summed E-state index contributed by atoms with van der Waals surface area (Å²) in [6.45, 7) is 14.9. The van der Waals surface area contributed by atoms with Crippen molar-refractivity contribution in [2.24, 2.45) is 0 Å². The fourth-order valence-electron chi connectivity index (χ4n) is 10.2. The van der Waals surface area contributed by atoms with E-state index >= 15 is 0 Å². The molecule has 62 heavy (non-hydrogen) atoms. The van der Waals surface area contributed by atoms with Crippen molar-refractivity contribution in [2.75, 3.05) is 0 Å². The smallest absolute Gasteiger partial charge is 0.0794 e. The zero-order valence-electron chi connectivity index (χ0n) is 36.0. The van der Waals surface area contributed by atoms with Gasteiger partial charge in [0, 0.05) is 51.1 Å². The van der Waals surface area contributed by atoms with E-state index in [1.165, 1.54) is 117 Å². The second-order valence-electron chi connectivity index (χ2n) is 19.3. The molecule has 0 aliphatic carbocycles. The van der Waals surface area contributed by atoms with Crippen LogP contribution in [0.15, 0.2) is 170 Å². The van der Waals surface area contributed by atoms with Gasteiger partial charge in [-0.3, -0.25) is 0 Å². The fraction of sp³-hybridized carbons (Fsp3) is 0.103. The summed E-state index contributed by atoms with van der Waals surface area (Å²) in [5.41, 5.74) is 10.1. The zero-order valence-corrected chi connectivity index (χ0v) is 39.6. The lowest BCUT2D eigenvalue weighted by atomic mass is 9.84. The summed E-state index contributed by atoms with van der Waals surface area (Å²) in [4.78, 5) is 0. The van der Waals surface area contributed by atoms with Gasteiger partial charge >= 0.3 is 0 Å². The molecule has 0 saturated heterocycles. The van der Waals surface area contributed by atoms with Gasteiger partial charge in [-0.25, -0.2) is 0 Å². The van der Waals surface area contributed by atoms with Crippen molar-refractivity contribution in [3.63, 3.8) is 0 Å². The maximum atomic E-state index is 2.57. The molecular formula is C58H46S2Si2. The topological polar surface area (TPSA) is 0 Å². The van der Waals surface area contributed by atoms with Gasteiger partial charge in [0.25, 0.3) is 0 Å². The van der Waals surface area contributed by atoms with Crippen LogP contribution in [0.4, 0.5) is 0 Å². The van der Waals surface area contributed by atoms with E-state index in [1.54, 1.807) is 10.4 Å². The average molecular weight is 863 g/mol. The molecule has 298 valence electrons. The Morgan fingerprint density at radius 3 is 1.00 bits per heavy atom. The molecule has 0 saturated carbocycles. The monoisotopic (exact) mass is 862 g/mol. The van der Waals surface area contributed by atoms with Gasteiger partial charge in [0.05, 0.1) is 16.1 Å². The Hall–Kier alpha value is -5.89. The van der Waals surface area contributed by atoms with Crippen molar-refractivity contribution in [3.05, 3.63) is 170 Å². The van der Waals surface area contributed by atoms with Gasteiger partial charge in [0.15, 0.2) is 0 Å². The summed E-state index contributed by atoms with van der Waals surface area (Å²) in [6, 6.07) is 64.7. The van der Waals surface area contributed by atoms with Gasteiger partial charge < -0.3 is 0 Å². The van der Waals surface area contributed by atoms with Crippen LogP contribution in [-0.2, 0) is 0 Å². The highest BCUT2D eigenvalue weighted by molar-refractivity contribution is 7.29. The van der Waals surface area contributed by atoms with Gasteiger partial charge in [0.1, 0.15) is 0 Å². The number of thiophene rings is 2. The minimum atomic E-state index is -1.64. The van der Waals surface area contributed by atoms with Crippen molar-refractivity contribution in [3.8, 4) is 44.5 Å². The first-order chi connectivity index (χ1) is 30.0. The number of hydrogen-bond donors (Lipinski definition) is 0. The molecule has 0 unspecified atom stereocenters. The molecule has 2 aromatic heterocycles. The Kier molecular flexibility index (Phi) is 8.43. The molecule has 12 aromatic rings. The highest BCUT2D eigenvalue weighted by atomic mass is 32.1. The van der Waals surface area contributed by atoms with E-state index in [2.05, 4.69) is 209 Å². The minimum Gasteiger partial charge on any atom is -0.135 e. The molecule has 0 atom stereocenters. The Bertz CT molecular complexity index is 3460. The molecule has 2 heterocycles. The first-order valence-electron chi connectivity index (χ1n) is 21.8. The van der Waals surface area contributed by atoms with Crippen LogP contribution in [0, 0.1) is 0 Å². The van der Waals surface area contributed by atoms with E-state index in [4.69, 9.17) is 0 Å². The molecule has 0 N–H and O–H groups in total. The van der Waals surface area contributed by atoms with Crippen LogP contribution in [0.1, 0.15) is 0 Å². The summed E-state index contributed by atoms with van der Waals surface area (Å²) in [7, 11) is -3.28. The molecule has 12 rings (SSSR count). The molecule has 4 heteroatoms. The van der Waals surface area contributed by atoms with Crippen LogP contribution in [0.2, 0.25) is 39.3 Å². The Labute approximate surface area is 373 Å². The molecule has 0 radical (unpaired) electrons. The number of fused-ring (bicyclic) bond motifs is 8. The summed E-state index contributed by atoms with van der Waals surface area (Å²) in [6.07, 6.45) is 0. The van der Waals surface area contributed by atoms with Crippen LogP contribution in [0.5, 0.6) is 0 Å². The molecular weight excluding hydrogens is 817 g/mol. The predicted molar refractivity (Wildman–Crippen MR) is 284 cm³/mol. The molecule has 0 spiro atoms. The summed E-state index contributed by atoms with van der Waals surface area (Å²) in [5, 5.41) is 16.8. The largest absolute Gasteiger partial charge is 0.135 e. The molecule has 0 aliphatic heterocycles. The third kappa shape index (κ3) is 5.81. The summed E-state index contributed by atoms with van der Waals surface area (Å²) in [5.74, 6) is 0. The maximum absolute atomic E-state index is 2.57. The lowest BCUT2D eigenvalue weighted by molar-refractivity contribution is 1.61. The first-order valence-corrected chi connectivity index (χ1v) is 30.5. The quantitative estimate of drug-likeness (QED) is 0.115. The second kappa shape index (κ2) is 13.8. The van der Waals surface area contributed by atoms with Crippen LogP contribution in [0.25, 0.3) is 117 Å².